The van der Waals surface area contributed by atoms with Gasteiger partial charge in [-0.15, -0.1) is 0 Å². The molecule has 0 saturated carbocycles. The van der Waals surface area contributed by atoms with Gasteiger partial charge in [-0.1, -0.05) is 29.8 Å². The Labute approximate surface area is 154 Å². The van der Waals surface area contributed by atoms with Crippen molar-refractivity contribution in [3.05, 3.63) is 59.7 Å². The first-order valence-corrected chi connectivity index (χ1v) is 8.65. The summed E-state index contributed by atoms with van der Waals surface area (Å²) in [4.78, 5) is 11.9. The molecule has 2 rings (SSSR count). The van der Waals surface area contributed by atoms with Crippen LogP contribution in [0.4, 0.5) is 5.69 Å². The molecule has 0 aromatic heterocycles. The van der Waals surface area contributed by atoms with Gasteiger partial charge in [-0.05, 0) is 36.8 Å². The Morgan fingerprint density at radius 1 is 1.04 bits per heavy atom. The number of aliphatic hydroxyl groups excluding tert-OH is 1. The Morgan fingerprint density at radius 3 is 2.46 bits per heavy atom. The van der Waals surface area contributed by atoms with Crippen molar-refractivity contribution in [2.75, 3.05) is 38.3 Å². The summed E-state index contributed by atoms with van der Waals surface area (Å²) in [5.41, 5.74) is 3.02. The third kappa shape index (κ3) is 7.65. The first-order valence-electron chi connectivity index (χ1n) is 8.65. The summed E-state index contributed by atoms with van der Waals surface area (Å²) in [6, 6.07) is 15.2. The Kier molecular flexibility index (Phi) is 8.62. The fraction of sp³-hybridized carbons (Fsp3) is 0.350. The van der Waals surface area contributed by atoms with Crippen molar-refractivity contribution in [3.8, 4) is 5.75 Å². The Balaban J connectivity index is 1.66. The highest BCUT2D eigenvalue weighted by Crippen LogP contribution is 2.13. The fourth-order valence-electron chi connectivity index (χ4n) is 2.23. The van der Waals surface area contributed by atoms with Gasteiger partial charge < -0.3 is 25.2 Å². The predicted octanol–water partition coefficient (Wildman–Crippen LogP) is 2.11. The molecule has 0 fully saturated rings. The van der Waals surface area contributed by atoms with Crippen molar-refractivity contribution in [1.82, 2.24) is 5.32 Å². The summed E-state index contributed by atoms with van der Waals surface area (Å²) in [5, 5.41) is 14.7. The van der Waals surface area contributed by atoms with Gasteiger partial charge in [-0.3, -0.25) is 4.79 Å². The maximum absolute atomic E-state index is 11.9. The van der Waals surface area contributed by atoms with E-state index in [1.54, 1.807) is 0 Å². The number of carbonyl (C=O) groups is 1. The van der Waals surface area contributed by atoms with Gasteiger partial charge in [0.05, 0.1) is 19.8 Å². The third-order valence-corrected chi connectivity index (χ3v) is 3.62. The second kappa shape index (κ2) is 11.3. The lowest BCUT2D eigenvalue weighted by Crippen LogP contribution is -2.20. The van der Waals surface area contributed by atoms with Crippen LogP contribution in [-0.4, -0.2) is 44.0 Å². The number of anilines is 1. The van der Waals surface area contributed by atoms with Crippen molar-refractivity contribution in [2.24, 2.45) is 0 Å². The first kappa shape index (κ1) is 19.9. The van der Waals surface area contributed by atoms with Crippen LogP contribution < -0.4 is 15.4 Å². The largest absolute Gasteiger partial charge is 0.484 e. The molecule has 0 atom stereocenters. The second-order valence-electron chi connectivity index (χ2n) is 5.86. The van der Waals surface area contributed by atoms with Crippen LogP contribution in [0.2, 0.25) is 0 Å². The molecule has 6 heteroatoms. The Morgan fingerprint density at radius 2 is 1.77 bits per heavy atom. The molecule has 0 unspecified atom stereocenters. The summed E-state index contributed by atoms with van der Waals surface area (Å²) in [6.07, 6.45) is 0. The van der Waals surface area contributed by atoms with E-state index < -0.39 is 0 Å². The maximum Gasteiger partial charge on any atom is 0.262 e. The topological polar surface area (TPSA) is 79.8 Å². The van der Waals surface area contributed by atoms with Gasteiger partial charge in [-0.25, -0.2) is 0 Å². The summed E-state index contributed by atoms with van der Waals surface area (Å²) in [6.45, 7) is 4.38. The zero-order valence-corrected chi connectivity index (χ0v) is 15.0. The highest BCUT2D eigenvalue weighted by atomic mass is 16.5. The van der Waals surface area contributed by atoms with Crippen LogP contribution in [-0.2, 0) is 16.1 Å². The van der Waals surface area contributed by atoms with Crippen LogP contribution in [0.25, 0.3) is 0 Å². The normalized spacial score (nSPS) is 10.5. The highest BCUT2D eigenvalue weighted by molar-refractivity contribution is 5.91. The molecule has 0 saturated heterocycles. The number of aliphatic hydroxyl groups is 1. The summed E-state index contributed by atoms with van der Waals surface area (Å²) < 4.78 is 10.7. The summed E-state index contributed by atoms with van der Waals surface area (Å²) >= 11 is 0. The lowest BCUT2D eigenvalue weighted by atomic mass is 10.2. The van der Waals surface area contributed by atoms with Crippen LogP contribution in [0.3, 0.4) is 0 Å². The third-order valence-electron chi connectivity index (χ3n) is 3.62. The van der Waals surface area contributed by atoms with Gasteiger partial charge in [0.2, 0.25) is 0 Å². The molecule has 3 N–H and O–H groups in total. The average molecular weight is 358 g/mol. The lowest BCUT2D eigenvalue weighted by Gasteiger charge is -2.09. The number of carbonyl (C=O) groups excluding carboxylic acids is 1. The average Bonchev–Trinajstić information content (AvgIpc) is 2.66. The maximum atomic E-state index is 11.9. The number of aryl methyl sites for hydroxylation is 1. The minimum Gasteiger partial charge on any atom is -0.484 e. The minimum atomic E-state index is -0.192. The SMILES string of the molecule is Cc1ccc(NC(=O)COc2ccc(CNCCOCCO)cc2)cc1. The highest BCUT2D eigenvalue weighted by Gasteiger charge is 2.04. The first-order chi connectivity index (χ1) is 12.7. The predicted molar refractivity (Wildman–Crippen MR) is 101 cm³/mol. The van der Waals surface area contributed by atoms with Crippen LogP contribution in [0.5, 0.6) is 5.75 Å². The van der Waals surface area contributed by atoms with Gasteiger partial charge in [-0.2, -0.15) is 0 Å². The van der Waals surface area contributed by atoms with E-state index in [4.69, 9.17) is 14.6 Å². The molecule has 0 heterocycles. The van der Waals surface area contributed by atoms with Crippen molar-refractivity contribution in [1.29, 1.82) is 0 Å². The number of hydrogen-bond donors (Lipinski definition) is 3. The number of amides is 1. The van der Waals surface area contributed by atoms with E-state index in [0.717, 1.165) is 29.9 Å². The van der Waals surface area contributed by atoms with Crippen LogP contribution in [0.1, 0.15) is 11.1 Å². The Bertz CT molecular complexity index is 657. The molecule has 0 aliphatic carbocycles. The van der Waals surface area contributed by atoms with Gasteiger partial charge in [0, 0.05) is 18.8 Å². The second-order valence-corrected chi connectivity index (χ2v) is 5.86. The standard InChI is InChI=1S/C20H26N2O4/c1-16-2-6-18(7-3-16)22-20(24)15-26-19-8-4-17(5-9-19)14-21-10-12-25-13-11-23/h2-9,21,23H,10-15H2,1H3,(H,22,24). The molecule has 0 spiro atoms. The van der Waals surface area contributed by atoms with E-state index in [2.05, 4.69) is 10.6 Å². The van der Waals surface area contributed by atoms with Crippen LogP contribution in [0.15, 0.2) is 48.5 Å². The molecular formula is C20H26N2O4. The van der Waals surface area contributed by atoms with Crippen molar-refractivity contribution >= 4 is 11.6 Å². The van der Waals surface area contributed by atoms with E-state index in [1.807, 2.05) is 55.5 Å². The van der Waals surface area contributed by atoms with E-state index in [-0.39, 0.29) is 19.1 Å². The van der Waals surface area contributed by atoms with E-state index >= 15 is 0 Å². The van der Waals surface area contributed by atoms with E-state index in [0.29, 0.717) is 19.0 Å². The molecule has 1 amide bonds. The number of hydrogen-bond acceptors (Lipinski definition) is 5. The molecular weight excluding hydrogens is 332 g/mol. The molecule has 0 radical (unpaired) electrons. The molecule has 0 bridgehead atoms. The van der Waals surface area contributed by atoms with Crippen molar-refractivity contribution in [3.63, 3.8) is 0 Å². The molecule has 140 valence electrons. The molecule has 0 aliphatic heterocycles. The number of rotatable bonds is 11. The Hall–Kier alpha value is -2.41. The molecule has 26 heavy (non-hydrogen) atoms. The van der Waals surface area contributed by atoms with Crippen molar-refractivity contribution < 1.29 is 19.4 Å². The van der Waals surface area contributed by atoms with E-state index in [9.17, 15) is 4.79 Å². The zero-order chi connectivity index (χ0) is 18.6. The zero-order valence-electron chi connectivity index (χ0n) is 15.0. The molecule has 2 aromatic carbocycles. The summed E-state index contributed by atoms with van der Waals surface area (Å²) in [7, 11) is 0. The number of ether oxygens (including phenoxy) is 2. The number of nitrogens with one attached hydrogen (secondary N) is 2. The number of benzene rings is 2. The van der Waals surface area contributed by atoms with E-state index in [1.165, 1.54) is 0 Å². The summed E-state index contributed by atoms with van der Waals surface area (Å²) in [5.74, 6) is 0.460. The lowest BCUT2D eigenvalue weighted by molar-refractivity contribution is -0.118. The fourth-order valence-corrected chi connectivity index (χ4v) is 2.23. The quantitative estimate of drug-likeness (QED) is 0.536. The van der Waals surface area contributed by atoms with Crippen LogP contribution >= 0.6 is 0 Å². The van der Waals surface area contributed by atoms with Crippen molar-refractivity contribution in [2.45, 2.75) is 13.5 Å². The minimum absolute atomic E-state index is 0.0341. The van der Waals surface area contributed by atoms with Gasteiger partial charge in [0.25, 0.3) is 5.91 Å². The monoisotopic (exact) mass is 358 g/mol. The molecule has 2 aromatic rings. The molecule has 6 nitrogen and oxygen atoms in total. The van der Waals surface area contributed by atoms with Gasteiger partial charge in [0.1, 0.15) is 5.75 Å². The van der Waals surface area contributed by atoms with Gasteiger partial charge >= 0.3 is 0 Å². The smallest absolute Gasteiger partial charge is 0.262 e. The molecule has 0 aliphatic rings. The van der Waals surface area contributed by atoms with Crippen LogP contribution in [0, 0.1) is 6.92 Å². The van der Waals surface area contributed by atoms with Gasteiger partial charge in [0.15, 0.2) is 6.61 Å².